The van der Waals surface area contributed by atoms with Gasteiger partial charge < -0.3 is 31.6 Å². The first-order valence-electron chi connectivity index (χ1n) is 35.5. The zero-order valence-electron chi connectivity index (χ0n) is 56.8. The third-order valence-corrected chi connectivity index (χ3v) is 23.2. The molecule has 24 rings (SSSR count). The molecule has 0 N–H and O–H groups in total. The molecule has 502 valence electrons. The predicted octanol–water partition coefficient (Wildman–Crippen LogP) is 27.9. The van der Waals surface area contributed by atoms with Crippen molar-refractivity contribution < 1.29 is 22.1 Å². The van der Waals surface area contributed by atoms with Crippen LogP contribution in [-0.2, 0) is 0 Å². The molecule has 12 heteroatoms. The summed E-state index contributed by atoms with van der Waals surface area (Å²) in [5.74, 6) is 0. The summed E-state index contributed by atoms with van der Waals surface area (Å²) in [6.45, 7) is 0. The van der Waals surface area contributed by atoms with Gasteiger partial charge in [-0.05, 0) is 183 Å². The number of aromatic nitrogens is 4. The van der Waals surface area contributed by atoms with Crippen LogP contribution in [0.3, 0.4) is 0 Å². The quantitative estimate of drug-likeness (QED) is 0.154. The molecular weight excluding hydrogens is 1360 g/mol. The highest BCUT2D eigenvalue weighted by atomic mass is 32.1. The lowest BCUT2D eigenvalue weighted by Crippen LogP contribution is -2.09. The number of pyridine rings is 1. The van der Waals surface area contributed by atoms with E-state index in [2.05, 4.69) is 279 Å². The van der Waals surface area contributed by atoms with Gasteiger partial charge in [0.2, 0.25) is 0 Å². The number of fused-ring (bicyclic) bond motifs is 25. The van der Waals surface area contributed by atoms with Crippen molar-refractivity contribution >= 4 is 201 Å². The fraction of sp³-hybridized carbons (Fsp3) is 0. The number of hydrogen-bond acceptors (Lipinski definition) is 11. The Kier molecular flexibility index (Phi) is 13.8. The topological polar surface area (TPSA) is 113 Å². The normalized spacial score (nSPS) is 11.9. The average molecular weight is 1410 g/mol. The maximum absolute atomic E-state index is 6.42. The Morgan fingerprint density at radius 3 is 1.52 bits per heavy atom. The van der Waals surface area contributed by atoms with E-state index in [4.69, 9.17) is 22.1 Å². The van der Waals surface area contributed by atoms with Crippen molar-refractivity contribution in [2.24, 2.45) is 0 Å². The molecule has 9 heterocycles. The third kappa shape index (κ3) is 9.66. The molecule has 0 aliphatic carbocycles. The Bertz CT molecular complexity index is 7610. The summed E-state index contributed by atoms with van der Waals surface area (Å²) < 4.78 is 35.5. The molecule has 107 heavy (non-hydrogen) atoms. The highest BCUT2D eigenvalue weighted by Crippen LogP contribution is 2.49. The van der Waals surface area contributed by atoms with Crippen LogP contribution < -0.4 is 4.90 Å². The van der Waals surface area contributed by atoms with Gasteiger partial charge in [0.15, 0.2) is 24.0 Å². The number of anilines is 3. The van der Waals surface area contributed by atoms with E-state index in [9.17, 15) is 0 Å². The van der Waals surface area contributed by atoms with Gasteiger partial charge in [-0.1, -0.05) is 170 Å². The number of benzene rings is 15. The van der Waals surface area contributed by atoms with Crippen LogP contribution in [-0.4, -0.2) is 19.5 Å². The van der Waals surface area contributed by atoms with Crippen LogP contribution in [0.5, 0.6) is 0 Å². The Morgan fingerprint density at radius 2 is 0.850 bits per heavy atom. The molecule has 10 nitrogen and oxygen atoms in total. The van der Waals surface area contributed by atoms with Gasteiger partial charge in [0.25, 0.3) is 0 Å². The summed E-state index contributed by atoms with van der Waals surface area (Å²) in [5, 5.41) is 20.6. The minimum atomic E-state index is 0.745. The van der Waals surface area contributed by atoms with Crippen molar-refractivity contribution in [3.63, 3.8) is 0 Å². The molecule has 0 bridgehead atoms. The van der Waals surface area contributed by atoms with Crippen molar-refractivity contribution in [2.45, 2.75) is 0 Å². The van der Waals surface area contributed by atoms with Crippen LogP contribution in [0.1, 0.15) is 0 Å². The molecule has 0 fully saturated rings. The lowest BCUT2D eigenvalue weighted by atomic mass is 9.94. The van der Waals surface area contributed by atoms with E-state index in [1.165, 1.54) is 87.4 Å². The second kappa shape index (κ2) is 24.4. The van der Waals surface area contributed by atoms with Gasteiger partial charge in [-0.2, -0.15) is 0 Å². The third-order valence-electron chi connectivity index (χ3n) is 21.1. The van der Waals surface area contributed by atoms with Crippen LogP contribution in [0.15, 0.2) is 356 Å². The standard InChI is InChI=1S/C35H20N2O2.C35H22N2O2.C25H13NOS2/c1-2-8-22(9-3-1)37-30-12-6-4-10-23(30)28-18-21(14-17-31(28)37)27-19-29-35(38-20-36-29)33-25(27)15-16-26-24-11-5-7-13-32(24)39-34(26)33;1-3-9-24(10-4-1)37(25-11-5-2-6-12-25)26-17-15-23(16-18-26)30-21-31-35(38-22-36-31)33-28(30)19-20-29-27-13-7-8-14-32(27)39-34(29)33;1-2-6-22-14(4-1)20(13-28-22)19-12-21-18(9-11-27-21)23-15(19)7-8-16-17-5-3-10-26-25(17)29-24(16)23/h1-20H;1-22H;1-13H. The molecule has 0 saturated carbocycles. The van der Waals surface area contributed by atoms with Crippen LogP contribution >= 0.6 is 22.7 Å². The van der Waals surface area contributed by atoms with Crippen molar-refractivity contribution in [1.29, 1.82) is 0 Å². The Morgan fingerprint density at radius 1 is 0.318 bits per heavy atom. The van der Waals surface area contributed by atoms with E-state index in [0.29, 0.717) is 0 Å². The predicted molar refractivity (Wildman–Crippen MR) is 443 cm³/mol. The van der Waals surface area contributed by atoms with Crippen molar-refractivity contribution in [3.05, 3.63) is 334 Å². The molecule has 0 atom stereocenters. The maximum atomic E-state index is 6.42. The second-order valence-corrected chi connectivity index (χ2v) is 28.8. The van der Waals surface area contributed by atoms with Crippen LogP contribution in [0.4, 0.5) is 17.1 Å². The summed E-state index contributed by atoms with van der Waals surface area (Å²) in [7, 11) is 0. The molecule has 0 amide bonds. The summed E-state index contributed by atoms with van der Waals surface area (Å²) in [6.07, 6.45) is 6.70. The van der Waals surface area contributed by atoms with Gasteiger partial charge >= 0.3 is 0 Å². The van der Waals surface area contributed by atoms with E-state index in [-0.39, 0.29) is 0 Å². The summed E-state index contributed by atoms with van der Waals surface area (Å²) in [5.41, 5.74) is 21.2. The van der Waals surface area contributed by atoms with E-state index >= 15 is 0 Å². The van der Waals surface area contributed by atoms with Crippen molar-refractivity contribution in [2.75, 3.05) is 4.90 Å². The molecule has 24 aromatic rings. The highest BCUT2D eigenvalue weighted by molar-refractivity contribution is 7.26. The highest BCUT2D eigenvalue weighted by Gasteiger charge is 2.24. The largest absolute Gasteiger partial charge is 0.464 e. The van der Waals surface area contributed by atoms with Gasteiger partial charge in [0, 0.05) is 103 Å². The summed E-state index contributed by atoms with van der Waals surface area (Å²) in [4.78, 5) is 17.0. The summed E-state index contributed by atoms with van der Waals surface area (Å²) in [6, 6.07) is 106. The fourth-order valence-corrected chi connectivity index (χ4v) is 18.4. The maximum Gasteiger partial charge on any atom is 0.182 e. The van der Waals surface area contributed by atoms with Crippen molar-refractivity contribution in [3.8, 4) is 39.1 Å². The lowest BCUT2D eigenvalue weighted by molar-refractivity contribution is 0.604. The SMILES string of the molecule is c1ccc(-n2c3ccccc3c3cc(-c4cc5ncoc5c5c4ccc4c6ccccc6oc45)ccc32)cc1.c1ccc(N(c2ccccc2)c2ccc(-c3cc4ncoc4c4c3ccc3c5ccccc5oc34)cc2)cc1.c1ccc2c(-c3cc4occc4c4c3ccc3c5cccnc5sc34)csc2c1. The monoisotopic (exact) mass is 1410 g/mol. The van der Waals surface area contributed by atoms with Gasteiger partial charge in [-0.15, -0.1) is 22.7 Å². The van der Waals surface area contributed by atoms with Gasteiger partial charge in [-0.3, -0.25) is 0 Å². The average Bonchev–Trinajstić information content (AvgIpc) is 1.69. The van der Waals surface area contributed by atoms with E-state index in [0.717, 1.165) is 143 Å². The number of oxazole rings is 2. The zero-order chi connectivity index (χ0) is 70.2. The molecule has 0 radical (unpaired) electrons. The number of rotatable bonds is 7. The Labute approximate surface area is 616 Å². The van der Waals surface area contributed by atoms with Crippen LogP contribution in [0.2, 0.25) is 0 Å². The minimum Gasteiger partial charge on any atom is -0.464 e. The Balaban J connectivity index is 0.000000101. The molecule has 0 aliphatic heterocycles. The molecule has 0 unspecified atom stereocenters. The number of furan rings is 3. The molecule has 0 saturated heterocycles. The van der Waals surface area contributed by atoms with Gasteiger partial charge in [-0.25, -0.2) is 15.0 Å². The second-order valence-electron chi connectivity index (χ2n) is 26.9. The molecule has 0 spiro atoms. The number of para-hydroxylation sites is 6. The first-order valence-corrected chi connectivity index (χ1v) is 37.1. The Hall–Kier alpha value is -13.9. The van der Waals surface area contributed by atoms with E-state index in [1.54, 1.807) is 28.9 Å². The molecule has 0 aliphatic rings. The molecule has 9 aromatic heterocycles. The number of thiophene rings is 2. The smallest absolute Gasteiger partial charge is 0.182 e. The fourth-order valence-electron chi connectivity index (χ4n) is 16.3. The first kappa shape index (κ1) is 60.7. The number of nitrogens with zero attached hydrogens (tertiary/aromatic N) is 5. The van der Waals surface area contributed by atoms with Crippen LogP contribution in [0.25, 0.3) is 201 Å². The van der Waals surface area contributed by atoms with Crippen molar-refractivity contribution in [1.82, 2.24) is 19.5 Å². The zero-order valence-corrected chi connectivity index (χ0v) is 58.5. The number of hydrogen-bond donors (Lipinski definition) is 0. The van der Waals surface area contributed by atoms with E-state index < -0.39 is 0 Å². The van der Waals surface area contributed by atoms with Crippen LogP contribution in [0, 0.1) is 0 Å². The molecule has 15 aromatic carbocycles. The van der Waals surface area contributed by atoms with E-state index in [1.807, 2.05) is 60.8 Å². The lowest BCUT2D eigenvalue weighted by Gasteiger charge is -2.25. The summed E-state index contributed by atoms with van der Waals surface area (Å²) >= 11 is 3.56. The molecular formula is C95H55N5O5S2. The minimum absolute atomic E-state index is 0.745. The van der Waals surface area contributed by atoms with Gasteiger partial charge in [0.1, 0.15) is 43.8 Å². The first-order chi connectivity index (χ1) is 53.1. The van der Waals surface area contributed by atoms with Gasteiger partial charge in [0.05, 0.1) is 28.1 Å².